The molecule has 5 rings (SSSR count). The third-order valence-electron chi connectivity index (χ3n) is 6.77. The standard InChI is InChI=1S/C28H31F2N3O2S/c1-17(2)26(27-32-21(16-36-27)15-31-14-18-5-6-18)33-11-3-4-19-7-9-22(13-23(19)28(33)34)35-25-10-8-20(29)12-24(25)30/h7-10,12-13,16-18,26,31H,3-6,11,14-15H2,1-2H3. The van der Waals surface area contributed by atoms with Gasteiger partial charge in [0.1, 0.15) is 16.6 Å². The van der Waals surface area contributed by atoms with Crippen molar-refractivity contribution in [1.82, 2.24) is 15.2 Å². The van der Waals surface area contributed by atoms with Gasteiger partial charge in [-0.2, -0.15) is 0 Å². The van der Waals surface area contributed by atoms with Crippen molar-refractivity contribution in [2.75, 3.05) is 13.1 Å². The minimum atomic E-state index is -0.788. The molecule has 2 aliphatic rings. The van der Waals surface area contributed by atoms with Gasteiger partial charge < -0.3 is 15.0 Å². The maximum Gasteiger partial charge on any atom is 0.254 e. The molecule has 1 unspecified atom stereocenters. The molecule has 1 N–H and O–H groups in total. The third-order valence-corrected chi connectivity index (χ3v) is 7.73. The lowest BCUT2D eigenvalue weighted by Crippen LogP contribution is -2.37. The first-order valence-corrected chi connectivity index (χ1v) is 13.5. The van der Waals surface area contributed by atoms with E-state index in [1.165, 1.54) is 18.9 Å². The number of thiazole rings is 1. The highest BCUT2D eigenvalue weighted by Crippen LogP contribution is 2.36. The van der Waals surface area contributed by atoms with E-state index in [2.05, 4.69) is 24.5 Å². The second kappa shape index (κ2) is 10.6. The van der Waals surface area contributed by atoms with Gasteiger partial charge in [-0.1, -0.05) is 19.9 Å². The number of aryl methyl sites for hydroxylation is 1. The van der Waals surface area contributed by atoms with Gasteiger partial charge in [-0.15, -0.1) is 11.3 Å². The number of carbonyl (C=O) groups is 1. The highest BCUT2D eigenvalue weighted by molar-refractivity contribution is 7.09. The summed E-state index contributed by atoms with van der Waals surface area (Å²) >= 11 is 1.61. The number of hydrogen-bond acceptors (Lipinski definition) is 5. The van der Waals surface area contributed by atoms with Gasteiger partial charge in [0.2, 0.25) is 0 Å². The molecule has 2 aromatic carbocycles. The molecule has 3 aromatic rings. The molecule has 1 saturated carbocycles. The van der Waals surface area contributed by atoms with Crippen molar-refractivity contribution >= 4 is 17.2 Å². The van der Waals surface area contributed by atoms with E-state index in [4.69, 9.17) is 9.72 Å². The van der Waals surface area contributed by atoms with Crippen LogP contribution < -0.4 is 10.1 Å². The Bertz CT molecular complexity index is 1240. The molecule has 2 heterocycles. The van der Waals surface area contributed by atoms with Gasteiger partial charge in [0.15, 0.2) is 11.6 Å². The maximum absolute atomic E-state index is 14.1. The van der Waals surface area contributed by atoms with Crippen LogP contribution in [0.15, 0.2) is 41.8 Å². The van der Waals surface area contributed by atoms with E-state index in [1.54, 1.807) is 23.5 Å². The maximum atomic E-state index is 14.1. The average Bonchev–Trinajstić information content (AvgIpc) is 3.58. The first-order valence-electron chi connectivity index (χ1n) is 12.6. The summed E-state index contributed by atoms with van der Waals surface area (Å²) in [7, 11) is 0. The molecule has 1 aliphatic carbocycles. The number of amides is 1. The minimum Gasteiger partial charge on any atom is -0.454 e. The molecule has 1 amide bonds. The van der Waals surface area contributed by atoms with Crippen molar-refractivity contribution < 1.29 is 18.3 Å². The van der Waals surface area contributed by atoms with Gasteiger partial charge >= 0.3 is 0 Å². The van der Waals surface area contributed by atoms with Crippen LogP contribution in [0, 0.1) is 23.5 Å². The summed E-state index contributed by atoms with van der Waals surface area (Å²) in [5.74, 6) is -0.277. The fourth-order valence-electron chi connectivity index (χ4n) is 4.73. The molecular formula is C28H31F2N3O2S. The van der Waals surface area contributed by atoms with Crippen molar-refractivity contribution in [3.8, 4) is 11.5 Å². The Morgan fingerprint density at radius 2 is 2.03 bits per heavy atom. The highest BCUT2D eigenvalue weighted by Gasteiger charge is 2.33. The Balaban J connectivity index is 1.37. The minimum absolute atomic E-state index is 0.0742. The zero-order chi connectivity index (χ0) is 25.2. The van der Waals surface area contributed by atoms with Crippen molar-refractivity contribution in [1.29, 1.82) is 0 Å². The Labute approximate surface area is 214 Å². The molecule has 1 aliphatic heterocycles. The van der Waals surface area contributed by atoms with Crippen LogP contribution in [0.3, 0.4) is 0 Å². The Morgan fingerprint density at radius 3 is 2.78 bits per heavy atom. The SMILES string of the molecule is CC(C)C(c1nc(CNCC2CC2)cs1)N1CCCc2ccc(Oc3ccc(F)cc3F)cc2C1=O. The summed E-state index contributed by atoms with van der Waals surface area (Å²) in [5, 5.41) is 6.53. The molecule has 1 atom stereocenters. The van der Waals surface area contributed by atoms with E-state index in [-0.39, 0.29) is 23.6 Å². The lowest BCUT2D eigenvalue weighted by atomic mass is 10.0. The van der Waals surface area contributed by atoms with Crippen LogP contribution >= 0.6 is 11.3 Å². The lowest BCUT2D eigenvalue weighted by Gasteiger charge is -2.32. The largest absolute Gasteiger partial charge is 0.454 e. The lowest BCUT2D eigenvalue weighted by molar-refractivity contribution is 0.0628. The molecule has 36 heavy (non-hydrogen) atoms. The van der Waals surface area contributed by atoms with Crippen LogP contribution in [-0.2, 0) is 13.0 Å². The second-order valence-electron chi connectivity index (χ2n) is 10.0. The number of carbonyl (C=O) groups excluding carboxylic acids is 1. The fourth-order valence-corrected chi connectivity index (χ4v) is 5.83. The Kier molecular flexibility index (Phi) is 7.34. The van der Waals surface area contributed by atoms with E-state index in [0.717, 1.165) is 60.2 Å². The summed E-state index contributed by atoms with van der Waals surface area (Å²) < 4.78 is 33.1. The number of aromatic nitrogens is 1. The average molecular weight is 512 g/mol. The predicted octanol–water partition coefficient (Wildman–Crippen LogP) is 6.50. The number of nitrogens with one attached hydrogen (secondary N) is 1. The van der Waals surface area contributed by atoms with E-state index in [9.17, 15) is 13.6 Å². The van der Waals surface area contributed by atoms with Crippen LogP contribution in [0.5, 0.6) is 11.5 Å². The zero-order valence-electron chi connectivity index (χ0n) is 20.6. The van der Waals surface area contributed by atoms with Gasteiger partial charge in [0.25, 0.3) is 5.91 Å². The van der Waals surface area contributed by atoms with Gasteiger partial charge in [-0.25, -0.2) is 13.8 Å². The van der Waals surface area contributed by atoms with Crippen molar-refractivity contribution in [3.63, 3.8) is 0 Å². The molecule has 5 nitrogen and oxygen atoms in total. The van der Waals surface area contributed by atoms with E-state index >= 15 is 0 Å². The molecule has 0 radical (unpaired) electrons. The van der Waals surface area contributed by atoms with Crippen molar-refractivity contribution in [2.45, 2.75) is 52.1 Å². The van der Waals surface area contributed by atoms with Crippen molar-refractivity contribution in [2.24, 2.45) is 11.8 Å². The summed E-state index contributed by atoms with van der Waals surface area (Å²) in [6, 6.07) is 8.31. The number of nitrogens with zero attached hydrogens (tertiary/aromatic N) is 2. The zero-order valence-corrected chi connectivity index (χ0v) is 21.4. The van der Waals surface area contributed by atoms with Crippen LogP contribution in [0.4, 0.5) is 8.78 Å². The molecule has 190 valence electrons. The number of ether oxygens (including phenoxy) is 1. The molecule has 1 aromatic heterocycles. The fraction of sp³-hybridized carbons (Fsp3) is 0.429. The molecule has 1 fully saturated rings. The van der Waals surface area contributed by atoms with E-state index < -0.39 is 11.6 Å². The number of hydrogen-bond donors (Lipinski definition) is 1. The first kappa shape index (κ1) is 24.8. The van der Waals surface area contributed by atoms with Crippen molar-refractivity contribution in [3.05, 3.63) is 75.2 Å². The van der Waals surface area contributed by atoms with Gasteiger partial charge in [0.05, 0.1) is 11.7 Å². The first-order chi connectivity index (χ1) is 17.4. The van der Waals surface area contributed by atoms with Crippen LogP contribution in [0.2, 0.25) is 0 Å². The summed E-state index contributed by atoms with van der Waals surface area (Å²) in [5.41, 5.74) is 2.52. The monoisotopic (exact) mass is 511 g/mol. The van der Waals surface area contributed by atoms with Gasteiger partial charge in [-0.05, 0) is 73.9 Å². The summed E-state index contributed by atoms with van der Waals surface area (Å²) in [6.07, 6.45) is 4.24. The summed E-state index contributed by atoms with van der Waals surface area (Å²) in [6.45, 7) is 6.65. The Hall–Kier alpha value is -2.84. The predicted molar refractivity (Wildman–Crippen MR) is 136 cm³/mol. The van der Waals surface area contributed by atoms with E-state index in [1.807, 2.05) is 11.0 Å². The topological polar surface area (TPSA) is 54.5 Å². The van der Waals surface area contributed by atoms with Crippen LogP contribution in [-0.4, -0.2) is 28.9 Å². The molecule has 0 bridgehead atoms. The van der Waals surface area contributed by atoms with Gasteiger partial charge in [0, 0.05) is 30.1 Å². The quantitative estimate of drug-likeness (QED) is 0.356. The number of fused-ring (bicyclic) bond motifs is 1. The number of rotatable bonds is 9. The Morgan fingerprint density at radius 1 is 1.19 bits per heavy atom. The van der Waals surface area contributed by atoms with Gasteiger partial charge in [-0.3, -0.25) is 4.79 Å². The molecular weight excluding hydrogens is 480 g/mol. The normalized spacial score (nSPS) is 16.7. The van der Waals surface area contributed by atoms with E-state index in [0.29, 0.717) is 17.9 Å². The summed E-state index contributed by atoms with van der Waals surface area (Å²) in [4.78, 5) is 20.7. The molecule has 8 heteroatoms. The molecule has 0 spiro atoms. The van der Waals surface area contributed by atoms with Crippen LogP contribution in [0.25, 0.3) is 0 Å². The smallest absolute Gasteiger partial charge is 0.254 e. The number of benzene rings is 2. The highest BCUT2D eigenvalue weighted by atomic mass is 32.1. The van der Waals surface area contributed by atoms with Crippen LogP contribution in [0.1, 0.15) is 65.8 Å². The third kappa shape index (κ3) is 5.60. The number of halogens is 2. The molecule has 0 saturated heterocycles. The second-order valence-corrected chi connectivity index (χ2v) is 10.9.